The molecule has 0 radical (unpaired) electrons. The van der Waals surface area contributed by atoms with Gasteiger partial charge in [-0.1, -0.05) is 47.5 Å². The third kappa shape index (κ3) is 7.06. The second kappa shape index (κ2) is 14.3. The molecule has 2 aliphatic heterocycles. The van der Waals surface area contributed by atoms with E-state index in [1.54, 1.807) is 20.4 Å². The first-order valence-electron chi connectivity index (χ1n) is 15.4. The number of aromatic nitrogens is 2. The van der Waals surface area contributed by atoms with E-state index in [1.165, 1.54) is 0 Å². The Morgan fingerprint density at radius 1 is 1.06 bits per heavy atom. The molecule has 0 unspecified atom stereocenters. The number of hydrogen-bond donors (Lipinski definition) is 3. The van der Waals surface area contributed by atoms with E-state index in [1.807, 2.05) is 47.4 Å². The Morgan fingerprint density at radius 3 is 2.62 bits per heavy atom. The average Bonchev–Trinajstić information content (AvgIpc) is 3.49. The normalized spacial score (nSPS) is 16.1. The number of hydrogen-bond acceptors (Lipinski definition) is 8. The molecule has 12 heteroatoms. The number of nitrogens with one attached hydrogen (secondary N) is 2. The lowest BCUT2D eigenvalue weighted by atomic mass is 9.94. The number of fused-ring (bicyclic) bond motifs is 1. The first-order chi connectivity index (χ1) is 22.7. The van der Waals surface area contributed by atoms with Crippen LogP contribution < -0.4 is 20.1 Å². The van der Waals surface area contributed by atoms with E-state index in [-0.39, 0.29) is 18.5 Å². The number of rotatable bonds is 11. The van der Waals surface area contributed by atoms with Crippen LogP contribution in [-0.2, 0) is 29.1 Å². The summed E-state index contributed by atoms with van der Waals surface area (Å²) in [6.07, 6.45) is 3.79. The van der Waals surface area contributed by atoms with Gasteiger partial charge in [0.15, 0.2) is 0 Å². The molecule has 2 aromatic heterocycles. The number of carbonyl (C=O) groups is 2. The Kier molecular flexibility index (Phi) is 9.93. The number of halogens is 2. The minimum Gasteiger partial charge on any atom is -0.496 e. The number of carboxylic acids is 1. The summed E-state index contributed by atoms with van der Waals surface area (Å²) in [6, 6.07) is 15.5. The number of carbonyl (C=O) groups excluding carboxylic acids is 1. The molecule has 2 aromatic carbocycles. The van der Waals surface area contributed by atoms with Crippen LogP contribution >= 0.6 is 23.2 Å². The van der Waals surface area contributed by atoms with Crippen LogP contribution in [0.25, 0.3) is 33.6 Å². The second-order valence-electron chi connectivity index (χ2n) is 11.7. The van der Waals surface area contributed by atoms with Crippen molar-refractivity contribution in [3.8, 4) is 45.3 Å². The van der Waals surface area contributed by atoms with Gasteiger partial charge in [0, 0.05) is 78.2 Å². The minimum atomic E-state index is -0.855. The van der Waals surface area contributed by atoms with Crippen molar-refractivity contribution < 1.29 is 24.2 Å². The molecule has 3 N–H and O–H groups in total. The third-order valence-corrected chi connectivity index (χ3v) is 9.40. The molecular formula is C35H35Cl2N5O5. The maximum absolute atomic E-state index is 11.5. The Morgan fingerprint density at radius 2 is 1.87 bits per heavy atom. The van der Waals surface area contributed by atoms with Crippen LogP contribution in [0.1, 0.15) is 29.5 Å². The van der Waals surface area contributed by atoms with Crippen molar-refractivity contribution in [3.63, 3.8) is 0 Å². The van der Waals surface area contributed by atoms with Crippen molar-refractivity contribution in [2.75, 3.05) is 33.9 Å². The van der Waals surface area contributed by atoms with Crippen molar-refractivity contribution in [1.29, 1.82) is 0 Å². The smallest absolute Gasteiger partial charge is 0.317 e. The Balaban J connectivity index is 1.27. The molecular weight excluding hydrogens is 641 g/mol. The molecule has 1 saturated heterocycles. The molecule has 2 aliphatic rings. The van der Waals surface area contributed by atoms with Gasteiger partial charge in [-0.3, -0.25) is 19.5 Å². The third-order valence-electron chi connectivity index (χ3n) is 8.61. The monoisotopic (exact) mass is 675 g/mol. The van der Waals surface area contributed by atoms with Gasteiger partial charge in [-0.25, -0.2) is 4.98 Å². The van der Waals surface area contributed by atoms with E-state index in [9.17, 15) is 14.7 Å². The molecule has 1 amide bonds. The predicted molar refractivity (Wildman–Crippen MR) is 181 cm³/mol. The lowest BCUT2D eigenvalue weighted by Crippen LogP contribution is -2.35. The lowest BCUT2D eigenvalue weighted by molar-refractivity contribution is -0.138. The Bertz CT molecular complexity index is 1820. The van der Waals surface area contributed by atoms with Crippen molar-refractivity contribution in [1.82, 2.24) is 25.5 Å². The lowest BCUT2D eigenvalue weighted by Gasteiger charge is -2.29. The second-order valence-corrected chi connectivity index (χ2v) is 12.4. The van der Waals surface area contributed by atoms with Gasteiger partial charge in [0.05, 0.1) is 42.2 Å². The molecule has 0 aliphatic carbocycles. The van der Waals surface area contributed by atoms with E-state index in [4.69, 9.17) is 37.7 Å². The molecule has 0 bridgehead atoms. The summed E-state index contributed by atoms with van der Waals surface area (Å²) in [5, 5.41) is 16.5. The molecule has 4 aromatic rings. The first-order valence-corrected chi connectivity index (χ1v) is 16.1. The van der Waals surface area contributed by atoms with Gasteiger partial charge in [-0.2, -0.15) is 0 Å². The van der Waals surface area contributed by atoms with E-state index in [2.05, 4.69) is 21.7 Å². The summed E-state index contributed by atoms with van der Waals surface area (Å²) in [5.41, 5.74) is 7.17. The van der Waals surface area contributed by atoms with Gasteiger partial charge < -0.3 is 25.2 Å². The maximum atomic E-state index is 11.5. The molecule has 47 heavy (non-hydrogen) atoms. The molecule has 244 valence electrons. The summed E-state index contributed by atoms with van der Waals surface area (Å²) in [7, 11) is 3.19. The van der Waals surface area contributed by atoms with Crippen LogP contribution in [0.3, 0.4) is 0 Å². The van der Waals surface area contributed by atoms with E-state index >= 15 is 0 Å². The standard InChI is InChI=1S/C35H35Cl2N5O5/c1-46-29-15-22(14-20-11-13-42(18-27(20)29)19-31(44)45)34-33(37)25(10-12-39-34)24-4-3-5-26(32(24)36)28-8-6-21(35(41-28)47-2)16-38-17-23-7-9-30(43)40-23/h3-6,8,10,12,14-15,23,38H,7,9,11,13,16-19H2,1-2H3,(H,40,43)(H,44,45)/t23-/m0/s1. The average molecular weight is 677 g/mol. The van der Waals surface area contributed by atoms with Gasteiger partial charge in [0.2, 0.25) is 11.8 Å². The number of carboxylic acid groups (broad SMARTS) is 1. The van der Waals surface area contributed by atoms with Crippen LogP contribution in [0.4, 0.5) is 0 Å². The molecule has 1 atom stereocenters. The fraction of sp³-hybridized carbons (Fsp3) is 0.314. The van der Waals surface area contributed by atoms with Crippen LogP contribution in [0.2, 0.25) is 10.0 Å². The molecule has 1 fully saturated rings. The Hall–Kier alpha value is -4.22. The highest BCUT2D eigenvalue weighted by Crippen LogP contribution is 2.43. The van der Waals surface area contributed by atoms with E-state index in [0.29, 0.717) is 72.1 Å². The van der Waals surface area contributed by atoms with Gasteiger partial charge in [-0.15, -0.1) is 0 Å². The molecule has 10 nitrogen and oxygen atoms in total. The molecule has 0 spiro atoms. The van der Waals surface area contributed by atoms with Gasteiger partial charge >= 0.3 is 5.97 Å². The molecule has 6 rings (SSSR count). The zero-order chi connectivity index (χ0) is 33.1. The topological polar surface area (TPSA) is 126 Å². The van der Waals surface area contributed by atoms with Crippen LogP contribution in [0.5, 0.6) is 11.6 Å². The fourth-order valence-electron chi connectivity index (χ4n) is 6.26. The van der Waals surface area contributed by atoms with Gasteiger partial charge in [0.1, 0.15) is 5.75 Å². The summed E-state index contributed by atoms with van der Waals surface area (Å²) in [5.74, 6) is 0.394. The number of pyridine rings is 2. The van der Waals surface area contributed by atoms with Crippen molar-refractivity contribution in [3.05, 3.63) is 81.5 Å². The number of amides is 1. The number of ether oxygens (including phenoxy) is 2. The maximum Gasteiger partial charge on any atom is 0.317 e. The summed E-state index contributed by atoms with van der Waals surface area (Å²) < 4.78 is 11.4. The van der Waals surface area contributed by atoms with Crippen LogP contribution in [-0.4, -0.2) is 71.7 Å². The highest BCUT2D eigenvalue weighted by atomic mass is 35.5. The number of methoxy groups -OCH3 is 2. The van der Waals surface area contributed by atoms with E-state index in [0.717, 1.165) is 45.4 Å². The van der Waals surface area contributed by atoms with Crippen molar-refractivity contribution >= 4 is 35.1 Å². The summed E-state index contributed by atoms with van der Waals surface area (Å²) >= 11 is 14.1. The van der Waals surface area contributed by atoms with Crippen molar-refractivity contribution in [2.24, 2.45) is 0 Å². The predicted octanol–water partition coefficient (Wildman–Crippen LogP) is 5.61. The fourth-order valence-corrected chi connectivity index (χ4v) is 6.91. The largest absolute Gasteiger partial charge is 0.496 e. The highest BCUT2D eigenvalue weighted by molar-refractivity contribution is 6.39. The summed E-state index contributed by atoms with van der Waals surface area (Å²) in [4.78, 5) is 34.1. The Labute approximate surface area is 283 Å². The zero-order valence-corrected chi connectivity index (χ0v) is 27.6. The quantitative estimate of drug-likeness (QED) is 0.186. The number of nitrogens with zero attached hydrogens (tertiary/aromatic N) is 3. The SMILES string of the molecule is COc1cc(-c2nccc(-c3cccc(-c4ccc(CNC[C@@H]5CCC(=O)N5)c(OC)n4)c3Cl)c2Cl)cc2c1CN(CC(=O)O)CC2. The number of benzene rings is 2. The van der Waals surface area contributed by atoms with Crippen LogP contribution in [0, 0.1) is 0 Å². The highest BCUT2D eigenvalue weighted by Gasteiger charge is 2.25. The summed E-state index contributed by atoms with van der Waals surface area (Å²) in [6.45, 7) is 2.31. The van der Waals surface area contributed by atoms with Gasteiger partial charge in [0.25, 0.3) is 0 Å². The zero-order valence-electron chi connectivity index (χ0n) is 26.1. The van der Waals surface area contributed by atoms with Gasteiger partial charge in [-0.05, 0) is 42.7 Å². The van der Waals surface area contributed by atoms with E-state index < -0.39 is 5.97 Å². The minimum absolute atomic E-state index is 0.0222. The molecule has 4 heterocycles. The van der Waals surface area contributed by atoms with Crippen molar-refractivity contribution in [2.45, 2.75) is 38.4 Å². The number of aliphatic carboxylic acids is 1. The molecule has 0 saturated carbocycles. The first kappa shape index (κ1) is 32.7. The van der Waals surface area contributed by atoms with Crippen LogP contribution in [0.15, 0.2) is 54.7 Å².